The van der Waals surface area contributed by atoms with E-state index in [4.69, 9.17) is 5.73 Å². The largest absolute Gasteiger partial charge is 0.383 e. The molecule has 0 spiro atoms. The summed E-state index contributed by atoms with van der Waals surface area (Å²) in [4.78, 5) is 8.90. The SMILES string of the molecule is Cc1c(N)nc(C(C)C)nc1Sc1cccs1. The lowest BCUT2D eigenvalue weighted by Gasteiger charge is -2.10. The summed E-state index contributed by atoms with van der Waals surface area (Å²) in [5.74, 6) is 1.69. The molecule has 0 aliphatic heterocycles. The molecular formula is C12H15N3S2. The fourth-order valence-corrected chi connectivity index (χ4v) is 3.08. The molecule has 0 fully saturated rings. The Balaban J connectivity index is 2.38. The maximum Gasteiger partial charge on any atom is 0.134 e. The third-order valence-corrected chi connectivity index (χ3v) is 4.49. The van der Waals surface area contributed by atoms with Gasteiger partial charge in [0.15, 0.2) is 0 Å². The predicted octanol–water partition coefficient (Wildman–Crippen LogP) is 3.70. The molecule has 3 nitrogen and oxygen atoms in total. The second kappa shape index (κ2) is 5.06. The van der Waals surface area contributed by atoms with E-state index in [-0.39, 0.29) is 0 Å². The first-order valence-electron chi connectivity index (χ1n) is 5.43. The van der Waals surface area contributed by atoms with Crippen molar-refractivity contribution >= 4 is 28.9 Å². The normalized spacial score (nSPS) is 11.1. The molecule has 5 heteroatoms. The molecular weight excluding hydrogens is 250 g/mol. The van der Waals surface area contributed by atoms with Gasteiger partial charge in [0.25, 0.3) is 0 Å². The van der Waals surface area contributed by atoms with Gasteiger partial charge < -0.3 is 5.73 Å². The Morgan fingerprint density at radius 3 is 2.71 bits per heavy atom. The molecule has 2 N–H and O–H groups in total. The molecule has 90 valence electrons. The number of hydrogen-bond acceptors (Lipinski definition) is 5. The van der Waals surface area contributed by atoms with E-state index in [2.05, 4.69) is 35.3 Å². The van der Waals surface area contributed by atoms with Gasteiger partial charge in [-0.25, -0.2) is 9.97 Å². The van der Waals surface area contributed by atoms with E-state index in [1.165, 1.54) is 4.21 Å². The molecule has 0 atom stereocenters. The van der Waals surface area contributed by atoms with Crippen LogP contribution in [0.1, 0.15) is 31.2 Å². The summed E-state index contributed by atoms with van der Waals surface area (Å²) in [7, 11) is 0. The average molecular weight is 265 g/mol. The maximum atomic E-state index is 5.93. The first-order valence-corrected chi connectivity index (χ1v) is 7.13. The molecule has 0 aliphatic carbocycles. The highest BCUT2D eigenvalue weighted by atomic mass is 32.2. The minimum atomic E-state index is 0.292. The molecule has 0 bridgehead atoms. The third kappa shape index (κ3) is 2.79. The van der Waals surface area contributed by atoms with Gasteiger partial charge >= 0.3 is 0 Å². The molecule has 2 heterocycles. The van der Waals surface area contributed by atoms with E-state index in [1.54, 1.807) is 23.1 Å². The highest BCUT2D eigenvalue weighted by molar-refractivity contribution is 8.01. The van der Waals surface area contributed by atoms with Gasteiger partial charge in [0.2, 0.25) is 0 Å². The van der Waals surface area contributed by atoms with Gasteiger partial charge in [-0.2, -0.15) is 0 Å². The van der Waals surface area contributed by atoms with Gasteiger partial charge in [0, 0.05) is 11.5 Å². The molecule has 17 heavy (non-hydrogen) atoms. The Bertz CT molecular complexity index is 507. The minimum Gasteiger partial charge on any atom is -0.383 e. The van der Waals surface area contributed by atoms with Gasteiger partial charge in [-0.15, -0.1) is 11.3 Å². The maximum absolute atomic E-state index is 5.93. The Labute approximate surface area is 109 Å². The molecule has 0 saturated heterocycles. The van der Waals surface area contributed by atoms with Crippen molar-refractivity contribution in [2.45, 2.75) is 35.9 Å². The second-order valence-corrected chi connectivity index (χ2v) is 6.32. The summed E-state index contributed by atoms with van der Waals surface area (Å²) in [6.45, 7) is 6.11. The molecule has 0 unspecified atom stereocenters. The predicted molar refractivity (Wildman–Crippen MR) is 73.7 cm³/mol. The number of rotatable bonds is 3. The Kier molecular flexibility index (Phi) is 3.69. The molecule has 0 aliphatic rings. The van der Waals surface area contributed by atoms with E-state index >= 15 is 0 Å². The summed E-state index contributed by atoms with van der Waals surface area (Å²) < 4.78 is 1.22. The van der Waals surface area contributed by atoms with Crippen LogP contribution >= 0.6 is 23.1 Å². The van der Waals surface area contributed by atoms with Gasteiger partial charge in [0.1, 0.15) is 16.7 Å². The van der Waals surface area contributed by atoms with Crippen molar-refractivity contribution in [3.63, 3.8) is 0 Å². The topological polar surface area (TPSA) is 51.8 Å². The number of nitrogens with two attached hydrogens (primary N) is 1. The summed E-state index contributed by atoms with van der Waals surface area (Å²) in [6, 6.07) is 4.12. The van der Waals surface area contributed by atoms with Crippen molar-refractivity contribution in [1.82, 2.24) is 9.97 Å². The molecule has 0 aromatic carbocycles. The van der Waals surface area contributed by atoms with Crippen LogP contribution in [0.3, 0.4) is 0 Å². The van der Waals surface area contributed by atoms with Crippen LogP contribution < -0.4 is 5.73 Å². The van der Waals surface area contributed by atoms with Crippen molar-refractivity contribution in [1.29, 1.82) is 0 Å². The first-order chi connectivity index (χ1) is 8.08. The number of anilines is 1. The summed E-state index contributed by atoms with van der Waals surface area (Å²) in [5.41, 5.74) is 6.89. The lowest BCUT2D eigenvalue weighted by molar-refractivity contribution is 0.751. The lowest BCUT2D eigenvalue weighted by atomic mass is 10.2. The van der Waals surface area contributed by atoms with Crippen molar-refractivity contribution < 1.29 is 0 Å². The fraction of sp³-hybridized carbons (Fsp3) is 0.333. The standard InChI is InChI=1S/C12H15N3S2/c1-7(2)11-14-10(13)8(3)12(15-11)17-9-5-4-6-16-9/h4-7H,1-3H3,(H2,13,14,15). The monoisotopic (exact) mass is 265 g/mol. The van der Waals surface area contributed by atoms with Crippen molar-refractivity contribution in [3.05, 3.63) is 28.9 Å². The molecule has 2 rings (SSSR count). The minimum absolute atomic E-state index is 0.292. The van der Waals surface area contributed by atoms with Crippen LogP contribution in [-0.4, -0.2) is 9.97 Å². The van der Waals surface area contributed by atoms with Crippen LogP contribution in [-0.2, 0) is 0 Å². The zero-order valence-corrected chi connectivity index (χ0v) is 11.7. The average Bonchev–Trinajstić information content (AvgIpc) is 2.77. The highest BCUT2D eigenvalue weighted by Crippen LogP contribution is 2.33. The number of nitrogens with zero attached hydrogens (tertiary/aromatic N) is 2. The molecule has 0 radical (unpaired) electrons. The quantitative estimate of drug-likeness (QED) is 0.860. The van der Waals surface area contributed by atoms with Crippen LogP contribution in [0.25, 0.3) is 0 Å². The summed E-state index contributed by atoms with van der Waals surface area (Å²) >= 11 is 3.36. The van der Waals surface area contributed by atoms with Crippen LogP contribution in [0.4, 0.5) is 5.82 Å². The summed E-state index contributed by atoms with van der Waals surface area (Å²) in [6.07, 6.45) is 0. The summed E-state index contributed by atoms with van der Waals surface area (Å²) in [5, 5.41) is 3.02. The Morgan fingerprint density at radius 1 is 1.35 bits per heavy atom. The molecule has 2 aromatic heterocycles. The first kappa shape index (κ1) is 12.4. The zero-order valence-electron chi connectivity index (χ0n) is 10.1. The smallest absolute Gasteiger partial charge is 0.134 e. The number of thiophene rings is 1. The molecule has 0 saturated carbocycles. The van der Waals surface area contributed by atoms with Gasteiger partial charge in [-0.3, -0.25) is 0 Å². The van der Waals surface area contributed by atoms with Crippen LogP contribution in [0.5, 0.6) is 0 Å². The van der Waals surface area contributed by atoms with E-state index in [9.17, 15) is 0 Å². The van der Waals surface area contributed by atoms with E-state index in [0.29, 0.717) is 11.7 Å². The third-order valence-electron chi connectivity index (χ3n) is 2.36. The van der Waals surface area contributed by atoms with Crippen molar-refractivity contribution in [2.24, 2.45) is 0 Å². The van der Waals surface area contributed by atoms with E-state index < -0.39 is 0 Å². The highest BCUT2D eigenvalue weighted by Gasteiger charge is 2.12. The van der Waals surface area contributed by atoms with Crippen LogP contribution in [0, 0.1) is 6.92 Å². The Hall–Kier alpha value is -1.07. The molecule has 0 amide bonds. The number of aromatic nitrogens is 2. The van der Waals surface area contributed by atoms with Crippen LogP contribution in [0.2, 0.25) is 0 Å². The van der Waals surface area contributed by atoms with Crippen molar-refractivity contribution in [3.8, 4) is 0 Å². The number of nitrogen functional groups attached to an aromatic ring is 1. The number of hydrogen-bond donors (Lipinski definition) is 1. The Morgan fingerprint density at radius 2 is 2.12 bits per heavy atom. The van der Waals surface area contributed by atoms with Gasteiger partial charge in [-0.1, -0.05) is 31.7 Å². The van der Waals surface area contributed by atoms with Crippen molar-refractivity contribution in [2.75, 3.05) is 5.73 Å². The zero-order chi connectivity index (χ0) is 12.4. The van der Waals surface area contributed by atoms with Gasteiger partial charge in [-0.05, 0) is 18.4 Å². The van der Waals surface area contributed by atoms with E-state index in [0.717, 1.165) is 16.4 Å². The second-order valence-electron chi connectivity index (χ2n) is 4.09. The fourth-order valence-electron chi connectivity index (χ4n) is 1.30. The van der Waals surface area contributed by atoms with Gasteiger partial charge in [0.05, 0.1) is 4.21 Å². The van der Waals surface area contributed by atoms with Crippen LogP contribution in [0.15, 0.2) is 26.7 Å². The molecule has 2 aromatic rings. The lowest BCUT2D eigenvalue weighted by Crippen LogP contribution is -2.05. The van der Waals surface area contributed by atoms with E-state index in [1.807, 2.05) is 13.0 Å².